The first-order valence-corrected chi connectivity index (χ1v) is 14.5. The average Bonchev–Trinajstić information content (AvgIpc) is 2.92. The van der Waals surface area contributed by atoms with Crippen molar-refractivity contribution < 1.29 is 32.9 Å². The SMILES string of the molecule is CC(C)Oc1cc(-c2ccc(OCCNC[C@@H](O)c3ccccc3)cc2)ccc1C(=O)NS(=O)(=O)CCCO. The summed E-state index contributed by atoms with van der Waals surface area (Å²) in [5, 5.41) is 22.3. The maximum Gasteiger partial charge on any atom is 0.268 e. The molecular weight excluding hydrogens is 520 g/mol. The molecule has 0 aliphatic carbocycles. The van der Waals surface area contributed by atoms with Crippen molar-refractivity contribution in [3.05, 3.63) is 83.9 Å². The first-order valence-electron chi connectivity index (χ1n) is 12.8. The smallest absolute Gasteiger partial charge is 0.268 e. The molecule has 0 fully saturated rings. The number of benzene rings is 3. The van der Waals surface area contributed by atoms with Gasteiger partial charge in [0.1, 0.15) is 18.1 Å². The third-order valence-corrected chi connectivity index (χ3v) is 6.99. The van der Waals surface area contributed by atoms with Crippen molar-refractivity contribution >= 4 is 15.9 Å². The summed E-state index contributed by atoms with van der Waals surface area (Å²) in [5.41, 5.74) is 2.61. The Morgan fingerprint density at radius 3 is 2.33 bits per heavy atom. The lowest BCUT2D eigenvalue weighted by molar-refractivity contribution is 0.0975. The van der Waals surface area contributed by atoms with Crippen molar-refractivity contribution in [3.8, 4) is 22.6 Å². The number of rotatable bonds is 15. The highest BCUT2D eigenvalue weighted by molar-refractivity contribution is 7.90. The van der Waals surface area contributed by atoms with Crippen LogP contribution in [-0.4, -0.2) is 62.7 Å². The minimum atomic E-state index is -3.88. The Bertz CT molecular complexity index is 1300. The number of hydrogen-bond acceptors (Lipinski definition) is 8. The lowest BCUT2D eigenvalue weighted by Gasteiger charge is -2.16. The fourth-order valence-corrected chi connectivity index (χ4v) is 4.76. The molecule has 3 rings (SSSR count). The third kappa shape index (κ3) is 9.67. The van der Waals surface area contributed by atoms with Gasteiger partial charge in [-0.1, -0.05) is 48.5 Å². The first-order chi connectivity index (χ1) is 18.7. The van der Waals surface area contributed by atoms with Crippen molar-refractivity contribution in [2.24, 2.45) is 0 Å². The van der Waals surface area contributed by atoms with Crippen LogP contribution in [0.25, 0.3) is 11.1 Å². The second-order valence-corrected chi connectivity index (χ2v) is 11.1. The van der Waals surface area contributed by atoms with E-state index in [0.717, 1.165) is 16.7 Å². The van der Waals surface area contributed by atoms with E-state index in [0.29, 0.717) is 25.4 Å². The zero-order chi connectivity index (χ0) is 28.3. The number of carbonyl (C=O) groups is 1. The summed E-state index contributed by atoms with van der Waals surface area (Å²) in [6.07, 6.45) is -0.788. The molecule has 1 atom stereocenters. The van der Waals surface area contributed by atoms with E-state index < -0.39 is 22.0 Å². The van der Waals surface area contributed by atoms with Gasteiger partial charge in [0.2, 0.25) is 10.0 Å². The molecule has 0 saturated carbocycles. The molecule has 0 saturated heterocycles. The summed E-state index contributed by atoms with van der Waals surface area (Å²) >= 11 is 0. The fourth-order valence-electron chi connectivity index (χ4n) is 3.76. The van der Waals surface area contributed by atoms with Crippen LogP contribution in [0.3, 0.4) is 0 Å². The topological polar surface area (TPSA) is 134 Å². The second kappa shape index (κ2) is 14.6. The third-order valence-electron chi connectivity index (χ3n) is 5.67. The number of amides is 1. The Labute approximate surface area is 229 Å². The molecule has 0 unspecified atom stereocenters. The molecule has 0 heterocycles. The molecule has 0 radical (unpaired) electrons. The fraction of sp³-hybridized carbons (Fsp3) is 0.345. The molecule has 0 aliphatic heterocycles. The molecule has 10 heteroatoms. The largest absolute Gasteiger partial charge is 0.492 e. The van der Waals surface area contributed by atoms with Gasteiger partial charge in [0.05, 0.1) is 23.5 Å². The van der Waals surface area contributed by atoms with Crippen molar-refractivity contribution in [1.82, 2.24) is 10.0 Å². The summed E-state index contributed by atoms with van der Waals surface area (Å²) < 4.78 is 37.9. The highest BCUT2D eigenvalue weighted by atomic mass is 32.2. The van der Waals surface area contributed by atoms with E-state index >= 15 is 0 Å². The van der Waals surface area contributed by atoms with E-state index in [2.05, 4.69) is 5.32 Å². The van der Waals surface area contributed by atoms with Gasteiger partial charge in [-0.05, 0) is 61.2 Å². The summed E-state index contributed by atoms with van der Waals surface area (Å²) in [6, 6.07) is 21.9. The van der Waals surface area contributed by atoms with E-state index in [-0.39, 0.29) is 36.2 Å². The minimum absolute atomic E-state index is 0.0323. The van der Waals surface area contributed by atoms with Gasteiger partial charge in [-0.3, -0.25) is 4.79 Å². The Kier molecular flexibility index (Phi) is 11.3. The number of aliphatic hydroxyl groups is 2. The maximum absolute atomic E-state index is 12.7. The van der Waals surface area contributed by atoms with Crippen LogP contribution in [0.5, 0.6) is 11.5 Å². The van der Waals surface area contributed by atoms with Gasteiger partial charge in [0, 0.05) is 19.7 Å². The monoisotopic (exact) mass is 556 g/mol. The second-order valence-electron chi connectivity index (χ2n) is 9.21. The van der Waals surface area contributed by atoms with Crippen LogP contribution in [0.2, 0.25) is 0 Å². The molecule has 4 N–H and O–H groups in total. The van der Waals surface area contributed by atoms with Gasteiger partial charge >= 0.3 is 0 Å². The maximum atomic E-state index is 12.7. The van der Waals surface area contributed by atoms with Gasteiger partial charge in [-0.15, -0.1) is 0 Å². The summed E-state index contributed by atoms with van der Waals surface area (Å²) in [5.74, 6) is -0.189. The van der Waals surface area contributed by atoms with Gasteiger partial charge in [0.25, 0.3) is 5.91 Å². The molecule has 3 aromatic rings. The van der Waals surface area contributed by atoms with Crippen LogP contribution < -0.4 is 19.5 Å². The predicted octanol–water partition coefficient (Wildman–Crippen LogP) is 3.28. The van der Waals surface area contributed by atoms with Crippen LogP contribution in [0.1, 0.15) is 42.3 Å². The summed E-state index contributed by atoms with van der Waals surface area (Å²) in [6.45, 7) is 4.77. The number of carbonyl (C=O) groups excluding carboxylic acids is 1. The minimum Gasteiger partial charge on any atom is -0.492 e. The number of sulfonamides is 1. The number of ether oxygens (including phenoxy) is 2. The van der Waals surface area contributed by atoms with Crippen molar-refractivity contribution in [3.63, 3.8) is 0 Å². The summed E-state index contributed by atoms with van der Waals surface area (Å²) in [7, 11) is -3.88. The van der Waals surface area contributed by atoms with Crippen LogP contribution >= 0.6 is 0 Å². The molecule has 0 aliphatic rings. The van der Waals surface area contributed by atoms with E-state index in [1.54, 1.807) is 12.1 Å². The Balaban J connectivity index is 1.59. The van der Waals surface area contributed by atoms with Gasteiger partial charge in [-0.25, -0.2) is 13.1 Å². The van der Waals surface area contributed by atoms with E-state index in [4.69, 9.17) is 14.6 Å². The number of nitrogens with one attached hydrogen (secondary N) is 2. The highest BCUT2D eigenvalue weighted by Gasteiger charge is 2.20. The standard InChI is InChI=1S/C29H36N2O7S/c1-21(2)38-28-19-24(11-14-26(28)29(34)31-39(35,36)18-6-16-32)22-9-12-25(13-10-22)37-17-15-30-20-27(33)23-7-4-3-5-8-23/h3-5,7-14,19,21,27,30,32-33H,6,15-18,20H2,1-2H3,(H,31,34)/t27-/m1/s1. The quantitative estimate of drug-likeness (QED) is 0.210. The normalized spacial score (nSPS) is 12.2. The van der Waals surface area contributed by atoms with Crippen LogP contribution in [0.4, 0.5) is 0 Å². The van der Waals surface area contributed by atoms with Crippen LogP contribution in [0.15, 0.2) is 72.8 Å². The molecule has 0 spiro atoms. The molecule has 39 heavy (non-hydrogen) atoms. The molecule has 3 aromatic carbocycles. The molecule has 9 nitrogen and oxygen atoms in total. The summed E-state index contributed by atoms with van der Waals surface area (Å²) in [4.78, 5) is 12.7. The number of aliphatic hydroxyl groups excluding tert-OH is 2. The zero-order valence-corrected chi connectivity index (χ0v) is 23.0. The predicted molar refractivity (Wildman–Crippen MR) is 150 cm³/mol. The number of hydrogen-bond donors (Lipinski definition) is 4. The van der Waals surface area contributed by atoms with Gasteiger partial charge in [0.15, 0.2) is 0 Å². The molecule has 1 amide bonds. The van der Waals surface area contributed by atoms with Crippen molar-refractivity contribution in [1.29, 1.82) is 0 Å². The zero-order valence-electron chi connectivity index (χ0n) is 22.2. The van der Waals surface area contributed by atoms with E-state index in [9.17, 15) is 18.3 Å². The Morgan fingerprint density at radius 1 is 0.974 bits per heavy atom. The molecule has 210 valence electrons. The van der Waals surface area contributed by atoms with E-state index in [1.807, 2.05) is 73.2 Å². The Hall–Kier alpha value is -3.44. The molecular formula is C29H36N2O7S. The van der Waals surface area contributed by atoms with Gasteiger partial charge < -0.3 is 25.0 Å². The highest BCUT2D eigenvalue weighted by Crippen LogP contribution is 2.29. The first kappa shape index (κ1) is 30.1. The lowest BCUT2D eigenvalue weighted by atomic mass is 10.0. The molecule has 0 bridgehead atoms. The van der Waals surface area contributed by atoms with Crippen molar-refractivity contribution in [2.45, 2.75) is 32.5 Å². The van der Waals surface area contributed by atoms with Gasteiger partial charge in [-0.2, -0.15) is 0 Å². The van der Waals surface area contributed by atoms with Crippen LogP contribution in [-0.2, 0) is 10.0 Å². The molecule has 0 aromatic heterocycles. The lowest BCUT2D eigenvalue weighted by Crippen LogP contribution is -2.33. The van der Waals surface area contributed by atoms with Crippen LogP contribution in [0, 0.1) is 0 Å². The average molecular weight is 557 g/mol. The Morgan fingerprint density at radius 2 is 1.67 bits per heavy atom. The van der Waals surface area contributed by atoms with E-state index in [1.165, 1.54) is 6.07 Å². The van der Waals surface area contributed by atoms with Crippen molar-refractivity contribution in [2.75, 3.05) is 32.1 Å².